The highest BCUT2D eigenvalue weighted by atomic mass is 35.5. The smallest absolute Gasteiger partial charge is 0.288 e. The summed E-state index contributed by atoms with van der Waals surface area (Å²) in [5.41, 5.74) is 5.92. The van der Waals surface area contributed by atoms with Gasteiger partial charge in [0.1, 0.15) is 0 Å². The van der Waals surface area contributed by atoms with Gasteiger partial charge in [-0.05, 0) is 37.1 Å². The first-order valence-electron chi connectivity index (χ1n) is 12.3. The Morgan fingerprint density at radius 2 is 1.37 bits per heavy atom. The molecule has 1 fully saturated rings. The van der Waals surface area contributed by atoms with Gasteiger partial charge in [-0.25, -0.2) is 15.0 Å². The SMILES string of the molecule is O=C(NN1CCCCC1)c1nc(-c2ccc(Cl)cc2)c(-c2ccc(Cl)cc2)nc1CN1C=CC(F)(F)C=C1. The second kappa shape index (κ2) is 11.2. The van der Waals surface area contributed by atoms with Gasteiger partial charge in [0.05, 0.1) is 23.6 Å². The second-order valence-corrected chi connectivity index (χ2v) is 10.1. The molecule has 0 atom stereocenters. The number of rotatable bonds is 6. The Kier molecular flexibility index (Phi) is 7.74. The zero-order valence-electron chi connectivity index (χ0n) is 20.4. The van der Waals surface area contributed by atoms with E-state index in [4.69, 9.17) is 33.2 Å². The van der Waals surface area contributed by atoms with Gasteiger partial charge in [0.2, 0.25) is 0 Å². The zero-order valence-corrected chi connectivity index (χ0v) is 21.9. The number of nitrogens with zero attached hydrogens (tertiary/aromatic N) is 4. The first kappa shape index (κ1) is 26.3. The van der Waals surface area contributed by atoms with Crippen molar-refractivity contribution in [3.63, 3.8) is 0 Å². The molecule has 2 aliphatic heterocycles. The van der Waals surface area contributed by atoms with Crippen LogP contribution in [0.4, 0.5) is 8.78 Å². The van der Waals surface area contributed by atoms with Crippen molar-refractivity contribution >= 4 is 29.1 Å². The Balaban J connectivity index is 1.61. The first-order chi connectivity index (χ1) is 18.3. The van der Waals surface area contributed by atoms with Gasteiger partial charge in [0.15, 0.2) is 5.69 Å². The van der Waals surface area contributed by atoms with E-state index in [0.29, 0.717) is 27.1 Å². The standard InChI is InChI=1S/C28H25Cl2F2N5O/c29-21-8-4-19(5-9-21)24-25(20-6-10-22(30)11-7-20)34-26(27(38)35-37-14-2-1-3-15-37)23(33-24)18-36-16-12-28(31,32)13-17-36/h4-13,16-17H,1-3,14-15,18H2,(H,35,38). The molecular weight excluding hydrogens is 531 g/mol. The van der Waals surface area contributed by atoms with Crippen LogP contribution in [0.25, 0.3) is 22.5 Å². The van der Waals surface area contributed by atoms with Crippen molar-refractivity contribution < 1.29 is 13.6 Å². The summed E-state index contributed by atoms with van der Waals surface area (Å²) in [6.45, 7) is 1.56. The summed E-state index contributed by atoms with van der Waals surface area (Å²) in [5.74, 6) is -3.42. The number of alkyl halides is 2. The Bertz CT molecular complexity index is 1360. The van der Waals surface area contributed by atoms with Crippen molar-refractivity contribution in [2.24, 2.45) is 0 Å². The van der Waals surface area contributed by atoms with E-state index >= 15 is 0 Å². The zero-order chi connectivity index (χ0) is 26.7. The van der Waals surface area contributed by atoms with Gasteiger partial charge in [-0.15, -0.1) is 0 Å². The van der Waals surface area contributed by atoms with Crippen LogP contribution in [0.15, 0.2) is 73.1 Å². The quantitative estimate of drug-likeness (QED) is 0.365. The van der Waals surface area contributed by atoms with Crippen LogP contribution in [0, 0.1) is 0 Å². The number of aromatic nitrogens is 2. The summed E-state index contributed by atoms with van der Waals surface area (Å²) >= 11 is 12.2. The van der Waals surface area contributed by atoms with Crippen molar-refractivity contribution in [1.82, 2.24) is 25.3 Å². The maximum absolute atomic E-state index is 13.7. The number of hydrogen-bond donors (Lipinski definition) is 1. The Morgan fingerprint density at radius 1 is 0.842 bits per heavy atom. The maximum atomic E-state index is 13.7. The van der Waals surface area contributed by atoms with Gasteiger partial charge < -0.3 is 4.90 Å². The van der Waals surface area contributed by atoms with Crippen molar-refractivity contribution in [3.05, 3.63) is 94.5 Å². The highest BCUT2D eigenvalue weighted by Gasteiger charge is 2.27. The van der Waals surface area contributed by atoms with E-state index in [1.165, 1.54) is 12.4 Å². The topological polar surface area (TPSA) is 61.4 Å². The summed E-state index contributed by atoms with van der Waals surface area (Å²) in [6.07, 6.45) is 7.26. The lowest BCUT2D eigenvalue weighted by Gasteiger charge is -2.27. The van der Waals surface area contributed by atoms with E-state index in [1.807, 2.05) is 29.3 Å². The molecule has 10 heteroatoms. The lowest BCUT2D eigenvalue weighted by molar-refractivity contribution is 0.0742. The number of benzene rings is 2. The van der Waals surface area contributed by atoms with Crippen LogP contribution >= 0.6 is 23.2 Å². The lowest BCUT2D eigenvalue weighted by Crippen LogP contribution is -2.45. The molecule has 3 heterocycles. The van der Waals surface area contributed by atoms with Gasteiger partial charge in [-0.2, -0.15) is 8.78 Å². The average molecular weight is 556 g/mol. The van der Waals surface area contributed by atoms with E-state index in [9.17, 15) is 13.6 Å². The second-order valence-electron chi connectivity index (χ2n) is 9.20. The average Bonchev–Trinajstić information content (AvgIpc) is 2.91. The fourth-order valence-corrected chi connectivity index (χ4v) is 4.61. The van der Waals surface area contributed by atoms with Crippen molar-refractivity contribution in [3.8, 4) is 22.5 Å². The number of carbonyl (C=O) groups excluding carboxylic acids is 1. The largest absolute Gasteiger partial charge is 0.348 e. The summed E-state index contributed by atoms with van der Waals surface area (Å²) in [6, 6.07) is 14.3. The van der Waals surface area contributed by atoms with Crippen molar-refractivity contribution in [2.75, 3.05) is 13.1 Å². The predicted octanol–water partition coefficient (Wildman–Crippen LogP) is 6.73. The lowest BCUT2D eigenvalue weighted by atomic mass is 10.0. The van der Waals surface area contributed by atoms with E-state index < -0.39 is 11.8 Å². The summed E-state index contributed by atoms with van der Waals surface area (Å²) in [7, 11) is 0. The number of hydrazine groups is 1. The van der Waals surface area contributed by atoms with Crippen LogP contribution < -0.4 is 5.43 Å². The number of carbonyl (C=O) groups is 1. The highest BCUT2D eigenvalue weighted by Crippen LogP contribution is 2.32. The maximum Gasteiger partial charge on any atom is 0.288 e. The van der Waals surface area contributed by atoms with E-state index in [1.54, 1.807) is 29.2 Å². The predicted molar refractivity (Wildman–Crippen MR) is 145 cm³/mol. The van der Waals surface area contributed by atoms with E-state index in [2.05, 4.69) is 5.43 Å². The molecule has 0 saturated carbocycles. The molecule has 1 N–H and O–H groups in total. The van der Waals surface area contributed by atoms with Gasteiger partial charge in [-0.3, -0.25) is 10.2 Å². The summed E-state index contributed by atoms with van der Waals surface area (Å²) in [4.78, 5) is 24.8. The third-order valence-corrected chi connectivity index (χ3v) is 6.85. The normalized spacial score (nSPS) is 17.0. The minimum atomic E-state index is -3.02. The molecule has 2 aliphatic rings. The van der Waals surface area contributed by atoms with Crippen LogP contribution in [0.1, 0.15) is 35.4 Å². The van der Waals surface area contributed by atoms with E-state index in [0.717, 1.165) is 55.6 Å². The molecule has 0 radical (unpaired) electrons. The van der Waals surface area contributed by atoms with Crippen LogP contribution in [0.2, 0.25) is 10.0 Å². The van der Waals surface area contributed by atoms with Gasteiger partial charge in [-0.1, -0.05) is 53.9 Å². The highest BCUT2D eigenvalue weighted by molar-refractivity contribution is 6.31. The van der Waals surface area contributed by atoms with Crippen LogP contribution in [0.3, 0.4) is 0 Å². The molecule has 1 amide bonds. The Morgan fingerprint density at radius 3 is 1.92 bits per heavy atom. The van der Waals surface area contributed by atoms with Gasteiger partial charge in [0, 0.05) is 58.8 Å². The fraction of sp³-hybridized carbons (Fsp3) is 0.250. The van der Waals surface area contributed by atoms with Crippen LogP contribution in [-0.2, 0) is 6.54 Å². The molecule has 0 aliphatic carbocycles. The molecule has 38 heavy (non-hydrogen) atoms. The molecule has 0 spiro atoms. The first-order valence-corrected chi connectivity index (χ1v) is 13.0. The summed E-state index contributed by atoms with van der Waals surface area (Å²) < 4.78 is 27.3. The fourth-order valence-electron chi connectivity index (χ4n) is 4.36. The number of piperidine rings is 1. The molecular formula is C28H25Cl2F2N5O. The molecule has 196 valence electrons. The molecule has 2 aromatic carbocycles. The number of amides is 1. The Labute approximate surface area is 229 Å². The number of hydrogen-bond acceptors (Lipinski definition) is 5. The van der Waals surface area contributed by atoms with Crippen LogP contribution in [0.5, 0.6) is 0 Å². The van der Waals surface area contributed by atoms with Gasteiger partial charge in [0.25, 0.3) is 11.8 Å². The van der Waals surface area contributed by atoms with Crippen molar-refractivity contribution in [1.29, 1.82) is 0 Å². The molecule has 5 rings (SSSR count). The summed E-state index contributed by atoms with van der Waals surface area (Å²) in [5, 5.41) is 3.01. The minimum absolute atomic E-state index is 0.0698. The Hall–Kier alpha value is -3.33. The molecule has 6 nitrogen and oxygen atoms in total. The molecule has 0 unspecified atom stereocenters. The number of nitrogens with one attached hydrogen (secondary N) is 1. The van der Waals surface area contributed by atoms with Crippen LogP contribution in [-0.4, -0.2) is 44.8 Å². The molecule has 1 saturated heterocycles. The number of allylic oxidation sites excluding steroid dienone is 2. The minimum Gasteiger partial charge on any atom is -0.348 e. The number of halogens is 4. The third-order valence-electron chi connectivity index (χ3n) is 6.34. The monoisotopic (exact) mass is 555 g/mol. The molecule has 1 aromatic heterocycles. The molecule has 0 bridgehead atoms. The molecule has 3 aromatic rings. The van der Waals surface area contributed by atoms with Gasteiger partial charge >= 0.3 is 0 Å². The van der Waals surface area contributed by atoms with E-state index in [-0.39, 0.29) is 12.2 Å². The third kappa shape index (κ3) is 6.20. The van der Waals surface area contributed by atoms with Crippen molar-refractivity contribution in [2.45, 2.75) is 31.7 Å².